The molecule has 1 amide bonds. The number of hydrogen-bond donors (Lipinski definition) is 1. The van der Waals surface area contributed by atoms with Crippen LogP contribution >= 0.6 is 0 Å². The molecule has 0 radical (unpaired) electrons. The molecule has 2 aromatic heterocycles. The van der Waals surface area contributed by atoms with Gasteiger partial charge in [-0.3, -0.25) is 24.0 Å². The van der Waals surface area contributed by atoms with Crippen molar-refractivity contribution in [3.05, 3.63) is 64.0 Å². The molecule has 4 rings (SSSR count). The number of carbonyl (C=O) groups is 1. The van der Waals surface area contributed by atoms with Crippen molar-refractivity contribution in [2.45, 2.75) is 25.5 Å². The molecule has 0 unspecified atom stereocenters. The smallest absolute Gasteiger partial charge is 0.352 e. The van der Waals surface area contributed by atoms with E-state index in [1.54, 1.807) is 0 Å². The third kappa shape index (κ3) is 2.50. The molecule has 0 saturated carbocycles. The highest BCUT2D eigenvalue weighted by atomic mass is 19.3. The van der Waals surface area contributed by atoms with Gasteiger partial charge < -0.3 is 5.11 Å². The van der Waals surface area contributed by atoms with E-state index in [0.717, 1.165) is 4.90 Å². The molecule has 3 aromatic rings. The molecule has 0 spiro atoms. The SMILES string of the molecule is C[C@H](O)c1cccc2c1C(F)(F)C(=O)N2Cc1nc2cnccc2c(=O)n1C. The van der Waals surface area contributed by atoms with Crippen molar-refractivity contribution in [2.75, 3.05) is 4.90 Å². The molecular weight excluding hydrogens is 370 g/mol. The summed E-state index contributed by atoms with van der Waals surface area (Å²) in [6.45, 7) is 1.04. The molecule has 0 bridgehead atoms. The molecule has 1 aliphatic heterocycles. The lowest BCUT2D eigenvalue weighted by Gasteiger charge is -2.19. The van der Waals surface area contributed by atoms with Crippen LogP contribution in [0.1, 0.15) is 30.0 Å². The van der Waals surface area contributed by atoms with Crippen molar-refractivity contribution < 1.29 is 18.7 Å². The van der Waals surface area contributed by atoms with Gasteiger partial charge in [0.1, 0.15) is 5.82 Å². The Kier molecular flexibility index (Phi) is 4.00. The van der Waals surface area contributed by atoms with Gasteiger partial charge in [0.05, 0.1) is 41.0 Å². The molecule has 1 aliphatic rings. The Labute approximate surface area is 157 Å². The zero-order valence-corrected chi connectivity index (χ0v) is 15.1. The lowest BCUT2D eigenvalue weighted by atomic mass is 9.99. The number of aliphatic hydroxyl groups is 1. The highest BCUT2D eigenvalue weighted by molar-refractivity contribution is 6.06. The van der Waals surface area contributed by atoms with Crippen LogP contribution in [-0.4, -0.2) is 25.5 Å². The summed E-state index contributed by atoms with van der Waals surface area (Å²) in [7, 11) is 1.47. The summed E-state index contributed by atoms with van der Waals surface area (Å²) in [4.78, 5) is 34.2. The molecule has 28 heavy (non-hydrogen) atoms. The van der Waals surface area contributed by atoms with Crippen molar-refractivity contribution in [1.82, 2.24) is 14.5 Å². The minimum Gasteiger partial charge on any atom is -0.389 e. The maximum atomic E-state index is 14.7. The van der Waals surface area contributed by atoms with Crippen molar-refractivity contribution in [2.24, 2.45) is 7.05 Å². The van der Waals surface area contributed by atoms with Gasteiger partial charge in [0.15, 0.2) is 0 Å². The maximum absolute atomic E-state index is 14.7. The summed E-state index contributed by atoms with van der Waals surface area (Å²) < 4.78 is 30.7. The molecule has 0 fully saturated rings. The molecule has 0 aliphatic carbocycles. The fraction of sp³-hybridized carbons (Fsp3) is 0.263. The fourth-order valence-electron chi connectivity index (χ4n) is 3.47. The number of hydrogen-bond acceptors (Lipinski definition) is 5. The predicted octanol–water partition coefficient (Wildman–Crippen LogP) is 2.02. The largest absolute Gasteiger partial charge is 0.389 e. The van der Waals surface area contributed by atoms with Crippen LogP contribution in [0.5, 0.6) is 0 Å². The Bertz CT molecular complexity index is 1170. The number of amides is 1. The first-order chi connectivity index (χ1) is 13.2. The van der Waals surface area contributed by atoms with Crippen molar-refractivity contribution in [1.29, 1.82) is 0 Å². The third-order valence-electron chi connectivity index (χ3n) is 4.91. The second kappa shape index (κ2) is 6.16. The van der Waals surface area contributed by atoms with E-state index < -0.39 is 23.5 Å². The second-order valence-corrected chi connectivity index (χ2v) is 6.67. The van der Waals surface area contributed by atoms with Crippen molar-refractivity contribution in [3.63, 3.8) is 0 Å². The molecule has 0 saturated heterocycles. The molecule has 144 valence electrons. The van der Waals surface area contributed by atoms with E-state index in [9.17, 15) is 23.5 Å². The van der Waals surface area contributed by atoms with Gasteiger partial charge in [0.25, 0.3) is 5.56 Å². The molecule has 3 heterocycles. The van der Waals surface area contributed by atoms with E-state index in [1.165, 1.54) is 55.2 Å². The molecule has 1 atom stereocenters. The number of pyridine rings is 1. The van der Waals surface area contributed by atoms with Gasteiger partial charge in [0.2, 0.25) is 0 Å². The van der Waals surface area contributed by atoms with Gasteiger partial charge in [0, 0.05) is 13.2 Å². The van der Waals surface area contributed by atoms with Crippen LogP contribution in [0.4, 0.5) is 14.5 Å². The Morgan fingerprint density at radius 3 is 2.71 bits per heavy atom. The van der Waals surface area contributed by atoms with Gasteiger partial charge >= 0.3 is 11.8 Å². The van der Waals surface area contributed by atoms with Crippen molar-refractivity contribution >= 4 is 22.5 Å². The summed E-state index contributed by atoms with van der Waals surface area (Å²) in [6, 6.07) is 5.78. The third-order valence-corrected chi connectivity index (χ3v) is 4.91. The first-order valence-corrected chi connectivity index (χ1v) is 8.54. The molecular formula is C19H16F2N4O3. The van der Waals surface area contributed by atoms with Crippen LogP contribution in [0.25, 0.3) is 10.9 Å². The predicted molar refractivity (Wildman–Crippen MR) is 96.9 cm³/mol. The standard InChI is InChI=1S/C19H16F2N4O3/c1-10(26)11-4-3-5-14-16(11)19(20,21)18(28)25(14)9-15-23-13-8-22-7-6-12(13)17(27)24(15)2/h3-8,10,26H,9H2,1-2H3/t10-/m0/s1. The number of carbonyl (C=O) groups excluding carboxylic acids is 1. The summed E-state index contributed by atoms with van der Waals surface area (Å²) in [6.07, 6.45) is 1.70. The monoisotopic (exact) mass is 386 g/mol. The first kappa shape index (κ1) is 18.2. The van der Waals surface area contributed by atoms with E-state index >= 15 is 0 Å². The van der Waals surface area contributed by atoms with E-state index in [2.05, 4.69) is 9.97 Å². The molecule has 1 aromatic carbocycles. The number of nitrogens with zero attached hydrogens (tertiary/aromatic N) is 4. The average molecular weight is 386 g/mol. The number of rotatable bonds is 3. The summed E-state index contributed by atoms with van der Waals surface area (Å²) in [5.74, 6) is -5.05. The van der Waals surface area contributed by atoms with Crippen LogP contribution in [0, 0.1) is 0 Å². The summed E-state index contributed by atoms with van der Waals surface area (Å²) in [5.41, 5.74) is -0.574. The first-order valence-electron chi connectivity index (χ1n) is 8.54. The van der Waals surface area contributed by atoms with Gasteiger partial charge in [-0.1, -0.05) is 12.1 Å². The summed E-state index contributed by atoms with van der Waals surface area (Å²) >= 11 is 0. The minimum absolute atomic E-state index is 0.00562. The Balaban J connectivity index is 1.86. The topological polar surface area (TPSA) is 88.3 Å². The number of anilines is 1. The van der Waals surface area contributed by atoms with Crippen LogP contribution in [0.2, 0.25) is 0 Å². The average Bonchev–Trinajstić information content (AvgIpc) is 2.86. The Morgan fingerprint density at radius 1 is 1.25 bits per heavy atom. The number of benzene rings is 1. The van der Waals surface area contributed by atoms with Crippen LogP contribution in [-0.2, 0) is 24.3 Å². The number of halogens is 2. The quantitative estimate of drug-likeness (QED) is 0.744. The Hall–Kier alpha value is -3.20. The normalized spacial score (nSPS) is 16.5. The highest BCUT2D eigenvalue weighted by Crippen LogP contribution is 2.47. The van der Waals surface area contributed by atoms with Crippen LogP contribution in [0.15, 0.2) is 41.5 Å². The lowest BCUT2D eigenvalue weighted by Crippen LogP contribution is -2.36. The van der Waals surface area contributed by atoms with E-state index in [4.69, 9.17) is 0 Å². The molecule has 1 N–H and O–H groups in total. The lowest BCUT2D eigenvalue weighted by molar-refractivity contribution is -0.141. The number of fused-ring (bicyclic) bond motifs is 2. The van der Waals surface area contributed by atoms with E-state index in [1.807, 2.05) is 0 Å². The molecule has 9 heteroatoms. The van der Waals surface area contributed by atoms with Crippen LogP contribution in [0.3, 0.4) is 0 Å². The maximum Gasteiger partial charge on any atom is 0.352 e. The zero-order valence-electron chi connectivity index (χ0n) is 15.1. The number of aromatic nitrogens is 3. The number of aliphatic hydroxyl groups excluding tert-OH is 1. The van der Waals surface area contributed by atoms with Gasteiger partial charge in [-0.05, 0) is 24.6 Å². The second-order valence-electron chi connectivity index (χ2n) is 6.67. The fourth-order valence-corrected chi connectivity index (χ4v) is 3.47. The highest BCUT2D eigenvalue weighted by Gasteiger charge is 2.54. The Morgan fingerprint density at radius 2 is 2.00 bits per heavy atom. The summed E-state index contributed by atoms with van der Waals surface area (Å²) in [5, 5.41) is 10.2. The van der Waals surface area contributed by atoms with Crippen molar-refractivity contribution in [3.8, 4) is 0 Å². The van der Waals surface area contributed by atoms with Gasteiger partial charge in [-0.25, -0.2) is 4.98 Å². The van der Waals surface area contributed by atoms with Gasteiger partial charge in [-0.2, -0.15) is 8.78 Å². The zero-order chi connectivity index (χ0) is 20.2. The van der Waals surface area contributed by atoms with Crippen LogP contribution < -0.4 is 10.5 Å². The minimum atomic E-state index is -3.78. The number of alkyl halides is 2. The van der Waals surface area contributed by atoms with Gasteiger partial charge in [-0.15, -0.1) is 0 Å². The van der Waals surface area contributed by atoms with E-state index in [-0.39, 0.29) is 29.2 Å². The van der Waals surface area contributed by atoms with E-state index in [0.29, 0.717) is 10.9 Å². The molecule has 7 nitrogen and oxygen atoms in total.